The molecule has 0 radical (unpaired) electrons. The van der Waals surface area contributed by atoms with Gasteiger partial charge in [0.05, 0.1) is 0 Å². The summed E-state index contributed by atoms with van der Waals surface area (Å²) in [6.07, 6.45) is 0. The molecule has 0 spiro atoms. The Morgan fingerprint density at radius 1 is 1.10 bits per heavy atom. The van der Waals surface area contributed by atoms with Crippen LogP contribution in [0.25, 0.3) is 0 Å². The van der Waals surface area contributed by atoms with E-state index in [1.807, 2.05) is 30.3 Å². The molecule has 0 saturated carbocycles. The van der Waals surface area contributed by atoms with E-state index in [4.69, 9.17) is 22.5 Å². The summed E-state index contributed by atoms with van der Waals surface area (Å²) < 4.78 is 0. The number of benzene rings is 1. The van der Waals surface area contributed by atoms with E-state index in [1.54, 1.807) is 0 Å². The van der Waals surface area contributed by atoms with Crippen molar-refractivity contribution in [2.75, 3.05) is 0 Å². The molecule has 0 fully saturated rings. The Hall–Kier alpha value is 0.580. The standard InChI is InChI=1S/C6H7Cl2PS/c7-9(8,10)6-4-2-1-3-5-6/h1-5,9-10H. The van der Waals surface area contributed by atoms with E-state index < -0.39 is 5.17 Å². The predicted molar refractivity (Wildman–Crippen MR) is 55.1 cm³/mol. The van der Waals surface area contributed by atoms with E-state index in [-0.39, 0.29) is 0 Å². The minimum atomic E-state index is -2.39. The van der Waals surface area contributed by atoms with E-state index in [9.17, 15) is 0 Å². The molecule has 0 nitrogen and oxygen atoms in total. The molecule has 0 aromatic heterocycles. The van der Waals surface area contributed by atoms with E-state index in [0.29, 0.717) is 0 Å². The topological polar surface area (TPSA) is 0 Å². The van der Waals surface area contributed by atoms with Gasteiger partial charge < -0.3 is 0 Å². The quantitative estimate of drug-likeness (QED) is 0.537. The second-order valence-electron chi connectivity index (χ2n) is 1.91. The normalized spacial score (nSPS) is 13.1. The Labute approximate surface area is 75.6 Å². The molecule has 0 aliphatic heterocycles. The molecule has 0 atom stereocenters. The third-order valence-electron chi connectivity index (χ3n) is 1.12. The predicted octanol–water partition coefficient (Wildman–Crippen LogP) is 3.21. The molecule has 0 aliphatic carbocycles. The third kappa shape index (κ3) is 2.32. The van der Waals surface area contributed by atoms with E-state index >= 15 is 0 Å². The van der Waals surface area contributed by atoms with Gasteiger partial charge in [-0.15, -0.1) is 0 Å². The van der Waals surface area contributed by atoms with Gasteiger partial charge >= 0.3 is 75.5 Å². The summed E-state index contributed by atoms with van der Waals surface area (Å²) in [7, 11) is 0. The molecule has 1 aromatic carbocycles. The van der Waals surface area contributed by atoms with Crippen LogP contribution in [-0.4, -0.2) is 0 Å². The first-order valence-electron chi connectivity index (χ1n) is 2.76. The van der Waals surface area contributed by atoms with Gasteiger partial charge in [-0.3, -0.25) is 0 Å². The van der Waals surface area contributed by atoms with Gasteiger partial charge in [-0.05, 0) is 0 Å². The average molecular weight is 213 g/mol. The Bertz CT molecular complexity index is 207. The molecule has 1 rings (SSSR count). The van der Waals surface area contributed by atoms with Gasteiger partial charge in [0.2, 0.25) is 0 Å². The Morgan fingerprint density at radius 3 is 1.90 bits per heavy atom. The number of hydrogen-bond donors (Lipinski definition) is 1. The minimum absolute atomic E-state index is 0.932. The molecule has 4 heteroatoms. The van der Waals surface area contributed by atoms with Crippen LogP contribution >= 0.6 is 39.9 Å². The Balaban J connectivity index is 2.97. The average Bonchev–Trinajstić information content (AvgIpc) is 1.88. The van der Waals surface area contributed by atoms with Crippen molar-refractivity contribution in [2.45, 2.75) is 0 Å². The summed E-state index contributed by atoms with van der Waals surface area (Å²) in [5.41, 5.74) is 0. The molecular formula is C6H7Cl2PS. The van der Waals surface area contributed by atoms with Gasteiger partial charge in [0.15, 0.2) is 0 Å². The summed E-state index contributed by atoms with van der Waals surface area (Å²) in [4.78, 5) is 0. The van der Waals surface area contributed by atoms with Gasteiger partial charge in [-0.1, -0.05) is 0 Å². The zero-order chi connectivity index (χ0) is 7.61. The number of thiol groups is 1. The maximum atomic E-state index is 5.83. The van der Waals surface area contributed by atoms with Crippen molar-refractivity contribution >= 4 is 45.2 Å². The van der Waals surface area contributed by atoms with Crippen LogP contribution in [-0.2, 0) is 0 Å². The first-order chi connectivity index (χ1) is 4.61. The van der Waals surface area contributed by atoms with Crippen LogP contribution in [0.2, 0.25) is 0 Å². The van der Waals surface area contributed by atoms with Crippen molar-refractivity contribution in [3.8, 4) is 0 Å². The second-order valence-corrected chi connectivity index (χ2v) is 11.1. The second kappa shape index (κ2) is 3.32. The van der Waals surface area contributed by atoms with E-state index in [2.05, 4.69) is 12.2 Å². The summed E-state index contributed by atoms with van der Waals surface area (Å²) in [5, 5.41) is -1.46. The zero-order valence-corrected chi connectivity index (χ0v) is 8.50. The number of halogens is 2. The van der Waals surface area contributed by atoms with Gasteiger partial charge in [-0.2, -0.15) is 0 Å². The molecule has 0 bridgehead atoms. The third-order valence-corrected chi connectivity index (χ3v) is 4.23. The Morgan fingerprint density at radius 2 is 1.60 bits per heavy atom. The number of hydrogen-bond acceptors (Lipinski definition) is 1. The van der Waals surface area contributed by atoms with Crippen molar-refractivity contribution < 1.29 is 0 Å². The van der Waals surface area contributed by atoms with Crippen LogP contribution in [0.15, 0.2) is 30.3 Å². The fraction of sp³-hybridized carbons (Fsp3) is 0. The van der Waals surface area contributed by atoms with Gasteiger partial charge in [0.1, 0.15) is 0 Å². The summed E-state index contributed by atoms with van der Waals surface area (Å²) >= 11 is 15.8. The van der Waals surface area contributed by atoms with Crippen LogP contribution in [0.3, 0.4) is 0 Å². The van der Waals surface area contributed by atoms with Crippen LogP contribution in [0.1, 0.15) is 0 Å². The van der Waals surface area contributed by atoms with Gasteiger partial charge in [0.25, 0.3) is 0 Å². The SMILES string of the molecule is S[PH](Cl)(Cl)c1ccccc1. The fourth-order valence-corrected chi connectivity index (χ4v) is 2.44. The zero-order valence-electron chi connectivity index (χ0n) is 5.09. The molecule has 1 aromatic rings. The maximum absolute atomic E-state index is 5.83. The van der Waals surface area contributed by atoms with E-state index in [0.717, 1.165) is 5.30 Å². The van der Waals surface area contributed by atoms with Crippen LogP contribution in [0.5, 0.6) is 0 Å². The van der Waals surface area contributed by atoms with Crippen LogP contribution in [0.4, 0.5) is 0 Å². The number of rotatable bonds is 1. The summed E-state index contributed by atoms with van der Waals surface area (Å²) in [6.45, 7) is 0. The molecule has 0 aliphatic rings. The molecule has 0 N–H and O–H groups in total. The molecule has 0 saturated heterocycles. The fourth-order valence-electron chi connectivity index (χ4n) is 0.639. The summed E-state index contributed by atoms with van der Waals surface area (Å²) in [6, 6.07) is 9.50. The monoisotopic (exact) mass is 212 g/mol. The molecule has 0 heterocycles. The van der Waals surface area contributed by atoms with Crippen molar-refractivity contribution in [3.63, 3.8) is 0 Å². The van der Waals surface area contributed by atoms with Crippen molar-refractivity contribution in [2.24, 2.45) is 0 Å². The molecule has 10 heavy (non-hydrogen) atoms. The van der Waals surface area contributed by atoms with E-state index in [1.165, 1.54) is 0 Å². The first-order valence-corrected chi connectivity index (χ1v) is 8.07. The van der Waals surface area contributed by atoms with Crippen LogP contribution < -0.4 is 5.30 Å². The summed E-state index contributed by atoms with van der Waals surface area (Å²) in [5.74, 6) is 0. The van der Waals surface area contributed by atoms with Gasteiger partial charge in [-0.25, -0.2) is 0 Å². The molecule has 0 amide bonds. The molecule has 56 valence electrons. The molecular weight excluding hydrogens is 206 g/mol. The van der Waals surface area contributed by atoms with Crippen molar-refractivity contribution in [1.29, 1.82) is 0 Å². The van der Waals surface area contributed by atoms with Crippen molar-refractivity contribution in [1.82, 2.24) is 0 Å². The van der Waals surface area contributed by atoms with Crippen LogP contribution in [0, 0.1) is 0 Å². The molecule has 0 unspecified atom stereocenters. The van der Waals surface area contributed by atoms with Crippen molar-refractivity contribution in [3.05, 3.63) is 30.3 Å². The van der Waals surface area contributed by atoms with Gasteiger partial charge in [0, 0.05) is 0 Å². The Kier molecular flexibility index (Phi) is 2.88. The first kappa shape index (κ1) is 8.67.